The van der Waals surface area contributed by atoms with E-state index in [1.54, 1.807) is 55.5 Å². The fourth-order valence-corrected chi connectivity index (χ4v) is 11.2. The van der Waals surface area contributed by atoms with Crippen molar-refractivity contribution in [1.29, 1.82) is 0 Å². The molecule has 4 bridgehead atoms. The van der Waals surface area contributed by atoms with Gasteiger partial charge in [0, 0.05) is 31.1 Å². The summed E-state index contributed by atoms with van der Waals surface area (Å²) in [6, 6.07) is 13.4. The average molecular weight is 809 g/mol. The lowest BCUT2D eigenvalue weighted by Crippen LogP contribution is -2.42. The van der Waals surface area contributed by atoms with Crippen molar-refractivity contribution < 1.29 is 53.4 Å². The number of ketones is 2. The Balaban J connectivity index is 0.987. The molecule has 0 saturated heterocycles. The molecule has 0 spiro atoms. The quantitative estimate of drug-likeness (QED) is 0.0946. The summed E-state index contributed by atoms with van der Waals surface area (Å²) in [6.45, 7) is 10.2. The van der Waals surface area contributed by atoms with Gasteiger partial charge in [0.1, 0.15) is 28.8 Å². The highest BCUT2D eigenvalue weighted by Gasteiger charge is 2.66. The second-order valence-corrected chi connectivity index (χ2v) is 19.0. The maximum Gasteiger partial charge on any atom is 0.510 e. The van der Waals surface area contributed by atoms with E-state index in [1.165, 1.54) is 0 Å². The molecule has 0 heterocycles. The normalized spacial score (nSPS) is 27.7. The molecule has 6 rings (SSSR count). The summed E-state index contributed by atoms with van der Waals surface area (Å²) in [5, 5.41) is 7.55. The van der Waals surface area contributed by atoms with Gasteiger partial charge < -0.3 is 9.47 Å². The van der Waals surface area contributed by atoms with Gasteiger partial charge in [-0.25, -0.2) is 4.21 Å². The number of fused-ring (bicyclic) bond motifs is 4. The molecule has 0 aliphatic heterocycles. The van der Waals surface area contributed by atoms with Crippen molar-refractivity contribution in [3.63, 3.8) is 0 Å². The van der Waals surface area contributed by atoms with Crippen LogP contribution in [0.1, 0.15) is 97.1 Å². The van der Waals surface area contributed by atoms with E-state index in [9.17, 15) is 35.4 Å². The number of carbonyl (C=O) groups is 2. The second-order valence-electron chi connectivity index (χ2n) is 16.4. The van der Waals surface area contributed by atoms with Crippen LogP contribution in [0.5, 0.6) is 11.5 Å². The number of carbonyl (C=O) groups excluding carboxylic acids is 2. The van der Waals surface area contributed by atoms with E-state index in [1.807, 2.05) is 27.7 Å². The summed E-state index contributed by atoms with van der Waals surface area (Å²) in [6.07, 6.45) is 4.21. The van der Waals surface area contributed by atoms with Gasteiger partial charge in [0.05, 0.1) is 30.1 Å². The number of hydrogen-bond donors (Lipinski definition) is 0. The SMILES string of the molecule is C/C(=N\OS(=O)(=O)CC12CCC(CC1=O)C2(C)C)c1ccc(OCCCOc2ccc(/C(CC34CCC(CC3=O)C4(C)C)=N/OS(=O)C(F)(F)F)cc2)cc1. The van der Waals surface area contributed by atoms with Crippen molar-refractivity contribution >= 4 is 44.2 Å². The third-order valence-electron chi connectivity index (χ3n) is 13.1. The zero-order valence-corrected chi connectivity index (χ0v) is 33.2. The van der Waals surface area contributed by atoms with E-state index < -0.39 is 43.0 Å². The first-order chi connectivity index (χ1) is 25.7. The van der Waals surface area contributed by atoms with E-state index >= 15 is 0 Å². The molecular formula is C39H47F3N2O9S2. The van der Waals surface area contributed by atoms with Crippen molar-refractivity contribution in [1.82, 2.24) is 0 Å². The van der Waals surface area contributed by atoms with Crippen LogP contribution in [0.3, 0.4) is 0 Å². The minimum absolute atomic E-state index is 0.0110. The highest BCUT2D eigenvalue weighted by molar-refractivity contribution is 7.86. The van der Waals surface area contributed by atoms with Gasteiger partial charge in [0.2, 0.25) is 0 Å². The molecule has 5 unspecified atom stereocenters. The summed E-state index contributed by atoms with van der Waals surface area (Å²) in [4.78, 5) is 25.9. The van der Waals surface area contributed by atoms with Crippen LogP contribution in [0, 0.1) is 33.5 Å². The minimum atomic E-state index is -5.11. The number of Topliss-reactive ketones (excluding diaryl/α,β-unsaturated/α-hetero) is 2. The maximum absolute atomic E-state index is 13.1. The molecule has 2 aromatic carbocycles. The number of oxime groups is 2. The highest BCUT2D eigenvalue weighted by atomic mass is 32.2. The van der Waals surface area contributed by atoms with E-state index in [0.29, 0.717) is 73.7 Å². The summed E-state index contributed by atoms with van der Waals surface area (Å²) in [7, 11) is -4.10. The van der Waals surface area contributed by atoms with Crippen LogP contribution in [-0.2, 0) is 39.4 Å². The molecule has 0 N–H and O–H groups in total. The van der Waals surface area contributed by atoms with Crippen molar-refractivity contribution in [3.8, 4) is 11.5 Å². The zero-order valence-electron chi connectivity index (χ0n) is 31.6. The lowest BCUT2D eigenvalue weighted by molar-refractivity contribution is -0.129. The van der Waals surface area contributed by atoms with Gasteiger partial charge in [-0.3, -0.25) is 18.2 Å². The average Bonchev–Trinajstić information content (AvgIpc) is 3.66. The number of nitrogens with zero attached hydrogens (tertiary/aromatic N) is 2. The molecule has 0 radical (unpaired) electrons. The number of alkyl halides is 3. The molecule has 11 nitrogen and oxygen atoms in total. The Bertz CT molecular complexity index is 2000. The largest absolute Gasteiger partial charge is 0.510 e. The van der Waals surface area contributed by atoms with Gasteiger partial charge >= 0.3 is 26.7 Å². The predicted octanol–water partition coefficient (Wildman–Crippen LogP) is 7.69. The number of ether oxygens (including phenoxy) is 2. The van der Waals surface area contributed by atoms with Crippen LogP contribution in [0.15, 0.2) is 58.8 Å². The Morgan fingerprint density at radius 3 is 1.75 bits per heavy atom. The number of halogens is 3. The van der Waals surface area contributed by atoms with Crippen LogP contribution in [0.4, 0.5) is 13.2 Å². The van der Waals surface area contributed by atoms with E-state index in [2.05, 4.69) is 14.6 Å². The molecule has 55 heavy (non-hydrogen) atoms. The summed E-state index contributed by atoms with van der Waals surface area (Å²) in [5.74, 6) is 1.11. The molecule has 5 atom stereocenters. The van der Waals surface area contributed by atoms with Gasteiger partial charge in [-0.1, -0.05) is 38.0 Å². The number of rotatable bonds is 16. The van der Waals surface area contributed by atoms with Gasteiger partial charge in [0.15, 0.2) is 0 Å². The van der Waals surface area contributed by atoms with Gasteiger partial charge in [-0.15, -0.1) is 0 Å². The highest BCUT2D eigenvalue weighted by Crippen LogP contribution is 2.66. The second kappa shape index (κ2) is 14.9. The first-order valence-electron chi connectivity index (χ1n) is 18.4. The Morgan fingerprint density at radius 2 is 1.29 bits per heavy atom. The Morgan fingerprint density at radius 1 is 0.800 bits per heavy atom. The number of benzene rings is 2. The third-order valence-corrected chi connectivity index (χ3v) is 14.9. The van der Waals surface area contributed by atoms with Crippen molar-refractivity contribution in [2.45, 2.75) is 91.5 Å². The molecule has 2 aromatic rings. The van der Waals surface area contributed by atoms with E-state index in [0.717, 1.165) is 12.8 Å². The first kappa shape index (κ1) is 40.9. The van der Waals surface area contributed by atoms with Crippen molar-refractivity contribution in [3.05, 3.63) is 59.7 Å². The first-order valence-corrected chi connectivity index (χ1v) is 21.1. The molecular weight excluding hydrogens is 762 g/mol. The van der Waals surface area contributed by atoms with Crippen LogP contribution in [-0.4, -0.2) is 60.1 Å². The van der Waals surface area contributed by atoms with Gasteiger partial charge in [0.25, 0.3) is 0 Å². The molecule has 4 fully saturated rings. The molecule has 300 valence electrons. The smallest absolute Gasteiger partial charge is 0.493 e. The lowest BCUT2D eigenvalue weighted by atomic mass is 9.65. The lowest BCUT2D eigenvalue weighted by Gasteiger charge is -2.36. The van der Waals surface area contributed by atoms with Crippen LogP contribution >= 0.6 is 0 Å². The Labute approximate surface area is 322 Å². The van der Waals surface area contributed by atoms with Gasteiger partial charge in [-0.2, -0.15) is 21.6 Å². The third kappa shape index (κ3) is 7.81. The maximum atomic E-state index is 13.1. The Hall–Kier alpha value is -3.79. The topological polar surface area (TPSA) is 147 Å². The molecule has 0 amide bonds. The fraction of sp³-hybridized carbons (Fsp3) is 0.590. The number of hydrogen-bond acceptors (Lipinski definition) is 11. The molecule has 4 aliphatic carbocycles. The summed E-state index contributed by atoms with van der Waals surface area (Å²) < 4.78 is 97.4. The summed E-state index contributed by atoms with van der Waals surface area (Å²) >= 11 is -3.65. The molecule has 16 heteroatoms. The molecule has 4 saturated carbocycles. The zero-order chi connectivity index (χ0) is 40.0. The molecule has 4 aliphatic rings. The Kier molecular flexibility index (Phi) is 11.1. The van der Waals surface area contributed by atoms with Crippen LogP contribution < -0.4 is 9.47 Å². The minimum Gasteiger partial charge on any atom is -0.493 e. The van der Waals surface area contributed by atoms with E-state index in [-0.39, 0.29) is 46.7 Å². The summed E-state index contributed by atoms with van der Waals surface area (Å²) in [5.41, 5.74) is -6.10. The monoisotopic (exact) mass is 808 g/mol. The standard InChI is InChI=1S/C39H47F3N2O9S2/c1-25(43-53-55(48,49)24-38-18-16-29(22-34(38)46)36(38,4)5)26-7-11-30(12-8-26)50-19-6-20-51-31-13-9-27(10-14-31)32(44-52-54(47)39(40,41)42)23-37-17-15-28(21-33(37)45)35(37,2)3/h7-14,28-29H,6,15-24H2,1-5H3/b43-25+,44-32+. The van der Waals surface area contributed by atoms with Crippen LogP contribution in [0.25, 0.3) is 0 Å². The van der Waals surface area contributed by atoms with Crippen LogP contribution in [0.2, 0.25) is 0 Å². The van der Waals surface area contributed by atoms with E-state index in [4.69, 9.17) is 13.8 Å². The predicted molar refractivity (Wildman–Crippen MR) is 199 cm³/mol. The van der Waals surface area contributed by atoms with Crippen molar-refractivity contribution in [2.75, 3.05) is 19.0 Å². The fourth-order valence-electron chi connectivity index (χ4n) is 9.35. The molecule has 0 aromatic heterocycles. The van der Waals surface area contributed by atoms with Crippen molar-refractivity contribution in [2.24, 2.45) is 43.8 Å². The van der Waals surface area contributed by atoms with Gasteiger partial charge in [-0.05, 0) is 115 Å².